The largest absolute Gasteiger partial charge is 0.504 e. The number of nitrogens with one attached hydrogen (secondary N) is 1. The second kappa shape index (κ2) is 9.75. The Hall–Kier alpha value is -3.51. The first-order chi connectivity index (χ1) is 15.6. The monoisotopic (exact) mass is 432 g/mol. The summed E-state index contributed by atoms with van der Waals surface area (Å²) in [7, 11) is 3.31. The van der Waals surface area contributed by atoms with Crippen LogP contribution in [0, 0.1) is 0 Å². The van der Waals surface area contributed by atoms with Crippen LogP contribution >= 0.6 is 0 Å². The van der Waals surface area contributed by atoms with Crippen molar-refractivity contribution in [2.24, 2.45) is 4.99 Å². The van der Waals surface area contributed by atoms with Gasteiger partial charge in [-0.05, 0) is 48.4 Å². The number of rotatable bonds is 7. The van der Waals surface area contributed by atoms with E-state index in [0.29, 0.717) is 18.8 Å². The topological polar surface area (TPSA) is 72.3 Å². The number of methoxy groups -OCH3 is 2. The van der Waals surface area contributed by atoms with Gasteiger partial charge < -0.3 is 19.3 Å². The van der Waals surface area contributed by atoms with Crippen LogP contribution in [0.5, 0.6) is 23.0 Å². The van der Waals surface area contributed by atoms with Gasteiger partial charge in [0.2, 0.25) is 0 Å². The molecule has 0 spiro atoms. The number of nitrogens with zero attached hydrogens (tertiary/aromatic N) is 1. The van der Waals surface area contributed by atoms with Crippen LogP contribution in [-0.2, 0) is 0 Å². The third kappa shape index (κ3) is 4.55. The molecular weight excluding hydrogens is 404 g/mol. The van der Waals surface area contributed by atoms with E-state index in [2.05, 4.69) is 5.32 Å². The minimum Gasteiger partial charge on any atom is -0.504 e. The third-order valence-electron chi connectivity index (χ3n) is 5.56. The zero-order chi connectivity index (χ0) is 22.5. The first-order valence-corrected chi connectivity index (χ1v) is 10.7. The van der Waals surface area contributed by atoms with Crippen molar-refractivity contribution in [3.8, 4) is 23.0 Å². The van der Waals surface area contributed by atoms with Gasteiger partial charge >= 0.3 is 0 Å². The predicted octanol–water partition coefficient (Wildman–Crippen LogP) is 5.03. The fourth-order valence-electron chi connectivity index (χ4n) is 3.96. The maximum Gasteiger partial charge on any atom is 0.162 e. The van der Waals surface area contributed by atoms with Gasteiger partial charge in [0, 0.05) is 23.7 Å². The van der Waals surface area contributed by atoms with Crippen molar-refractivity contribution in [1.82, 2.24) is 5.32 Å². The molecular formula is C26H28N2O4. The highest BCUT2D eigenvalue weighted by Gasteiger charge is 2.29. The lowest BCUT2D eigenvalue weighted by Crippen LogP contribution is -2.33. The Balaban J connectivity index is 1.77. The summed E-state index contributed by atoms with van der Waals surface area (Å²) in [5.74, 6) is 2.18. The predicted molar refractivity (Wildman–Crippen MR) is 125 cm³/mol. The van der Waals surface area contributed by atoms with Gasteiger partial charge in [-0.2, -0.15) is 0 Å². The molecule has 32 heavy (non-hydrogen) atoms. The fourth-order valence-corrected chi connectivity index (χ4v) is 3.96. The highest BCUT2D eigenvalue weighted by Crippen LogP contribution is 2.39. The van der Waals surface area contributed by atoms with Gasteiger partial charge in [0.05, 0.1) is 20.8 Å². The van der Waals surface area contributed by atoms with Gasteiger partial charge in [-0.25, -0.2) is 0 Å². The van der Waals surface area contributed by atoms with Crippen molar-refractivity contribution < 1.29 is 19.3 Å². The highest BCUT2D eigenvalue weighted by molar-refractivity contribution is 6.02. The maximum atomic E-state index is 10.9. The second-order valence-corrected chi connectivity index (χ2v) is 7.54. The number of phenolic OH excluding ortho intramolecular Hbond substituents is 1. The molecule has 2 N–H and O–H groups in total. The molecule has 0 fully saturated rings. The van der Waals surface area contributed by atoms with Gasteiger partial charge in [0.25, 0.3) is 0 Å². The van der Waals surface area contributed by atoms with Crippen LogP contribution in [0.2, 0.25) is 0 Å². The zero-order valence-corrected chi connectivity index (χ0v) is 18.5. The summed E-state index contributed by atoms with van der Waals surface area (Å²) in [4.78, 5) is 5.02. The van der Waals surface area contributed by atoms with E-state index in [1.165, 1.54) is 0 Å². The molecule has 1 aliphatic heterocycles. The molecule has 0 amide bonds. The van der Waals surface area contributed by atoms with Gasteiger partial charge in [0.1, 0.15) is 17.7 Å². The summed E-state index contributed by atoms with van der Waals surface area (Å²) < 4.78 is 16.4. The van der Waals surface area contributed by atoms with Crippen LogP contribution in [0.3, 0.4) is 0 Å². The Bertz CT molecular complexity index is 1110. The molecule has 6 nitrogen and oxygen atoms in total. The number of ether oxygens (including phenoxy) is 3. The van der Waals surface area contributed by atoms with Crippen molar-refractivity contribution in [2.75, 3.05) is 20.8 Å². The van der Waals surface area contributed by atoms with E-state index in [4.69, 9.17) is 19.2 Å². The summed E-state index contributed by atoms with van der Waals surface area (Å²) in [6.45, 7) is 2.38. The quantitative estimate of drug-likeness (QED) is 0.548. The van der Waals surface area contributed by atoms with Crippen LogP contribution in [0.15, 0.2) is 71.7 Å². The molecule has 3 aromatic carbocycles. The van der Waals surface area contributed by atoms with Crippen LogP contribution in [-0.4, -0.2) is 31.6 Å². The summed E-state index contributed by atoms with van der Waals surface area (Å²) in [6.07, 6.45) is 0.303. The number of benzene rings is 3. The van der Waals surface area contributed by atoms with Gasteiger partial charge in [-0.15, -0.1) is 0 Å². The van der Waals surface area contributed by atoms with Crippen LogP contribution < -0.4 is 19.5 Å². The molecule has 0 saturated carbocycles. The third-order valence-corrected chi connectivity index (χ3v) is 5.56. The van der Waals surface area contributed by atoms with E-state index in [-0.39, 0.29) is 18.0 Å². The van der Waals surface area contributed by atoms with E-state index in [9.17, 15) is 5.11 Å². The Labute approximate surface area is 188 Å². The number of hydrogen-bond acceptors (Lipinski definition) is 6. The summed E-state index contributed by atoms with van der Waals surface area (Å²) in [5.41, 5.74) is 3.68. The fraction of sp³-hybridized carbons (Fsp3) is 0.269. The smallest absolute Gasteiger partial charge is 0.162 e. The lowest BCUT2D eigenvalue weighted by atomic mass is 9.93. The Morgan fingerprint density at radius 1 is 0.969 bits per heavy atom. The molecule has 6 heteroatoms. The van der Waals surface area contributed by atoms with Crippen molar-refractivity contribution in [1.29, 1.82) is 0 Å². The van der Waals surface area contributed by atoms with Crippen LogP contribution in [0.4, 0.5) is 0 Å². The molecule has 1 aliphatic rings. The minimum atomic E-state index is -0.305. The van der Waals surface area contributed by atoms with E-state index < -0.39 is 0 Å². The summed E-state index contributed by atoms with van der Waals surface area (Å²) in [6, 6.07) is 21.2. The van der Waals surface area contributed by atoms with E-state index in [0.717, 1.165) is 33.9 Å². The average molecular weight is 433 g/mol. The standard InChI is InChI=1S/C26H28N2O4/c1-4-32-24-13-7-12-21(25(24)29)23-16-22(17-8-5-10-19(14-17)30-2)27-26(28-23)18-9-6-11-20(15-18)31-3/h5-15,23,26,28-29H,4,16H2,1-3H3/t23-,26-/m1/s1. The molecule has 0 radical (unpaired) electrons. The SMILES string of the molecule is CCOc1cccc([C@H]2CC(c3cccc(OC)c3)=N[C@@H](c3cccc(OC)c3)N2)c1O. The molecule has 1 heterocycles. The molecule has 4 rings (SSSR count). The number of phenols is 1. The van der Waals surface area contributed by atoms with E-state index in [1.54, 1.807) is 20.3 Å². The number of aliphatic imine (C=N–C) groups is 1. The lowest BCUT2D eigenvalue weighted by Gasteiger charge is -2.31. The first kappa shape index (κ1) is 21.7. The second-order valence-electron chi connectivity index (χ2n) is 7.54. The lowest BCUT2D eigenvalue weighted by molar-refractivity contribution is 0.313. The highest BCUT2D eigenvalue weighted by atomic mass is 16.5. The van der Waals surface area contributed by atoms with Crippen LogP contribution in [0.1, 0.15) is 42.2 Å². The van der Waals surface area contributed by atoms with Crippen molar-refractivity contribution in [3.05, 3.63) is 83.4 Å². The minimum absolute atomic E-state index is 0.156. The van der Waals surface area contributed by atoms with Gasteiger partial charge in [-0.1, -0.05) is 36.4 Å². The van der Waals surface area contributed by atoms with Crippen molar-refractivity contribution in [3.63, 3.8) is 0 Å². The zero-order valence-electron chi connectivity index (χ0n) is 18.5. The molecule has 0 aromatic heterocycles. The molecule has 0 saturated heterocycles. The van der Waals surface area contributed by atoms with E-state index in [1.807, 2.05) is 67.6 Å². The molecule has 166 valence electrons. The maximum absolute atomic E-state index is 10.9. The van der Waals surface area contributed by atoms with Crippen LogP contribution in [0.25, 0.3) is 0 Å². The molecule has 2 atom stereocenters. The first-order valence-electron chi connectivity index (χ1n) is 10.7. The molecule has 0 bridgehead atoms. The summed E-state index contributed by atoms with van der Waals surface area (Å²) >= 11 is 0. The Kier molecular flexibility index (Phi) is 6.61. The number of hydrogen-bond donors (Lipinski definition) is 2. The van der Waals surface area contributed by atoms with Crippen molar-refractivity contribution in [2.45, 2.75) is 25.6 Å². The Morgan fingerprint density at radius 3 is 2.44 bits per heavy atom. The molecule has 3 aromatic rings. The molecule has 0 aliphatic carbocycles. The van der Waals surface area contributed by atoms with Crippen molar-refractivity contribution >= 4 is 5.71 Å². The van der Waals surface area contributed by atoms with Gasteiger partial charge in [-0.3, -0.25) is 10.3 Å². The van der Waals surface area contributed by atoms with Gasteiger partial charge in [0.15, 0.2) is 11.5 Å². The normalized spacial score (nSPS) is 18.0. The average Bonchev–Trinajstić information content (AvgIpc) is 2.85. The Morgan fingerprint density at radius 2 is 1.69 bits per heavy atom. The number of para-hydroxylation sites is 1. The number of aromatic hydroxyl groups is 1. The molecule has 0 unspecified atom stereocenters. The van der Waals surface area contributed by atoms with E-state index >= 15 is 0 Å². The summed E-state index contributed by atoms with van der Waals surface area (Å²) in [5, 5.41) is 14.5.